The van der Waals surface area contributed by atoms with Crippen LogP contribution < -0.4 is 15.2 Å². The maximum atomic E-state index is 12.7. The van der Waals surface area contributed by atoms with Crippen molar-refractivity contribution in [3.05, 3.63) is 58.1 Å². The number of benzene rings is 2. The molecule has 1 heterocycles. The zero-order valence-corrected chi connectivity index (χ0v) is 16.3. The summed E-state index contributed by atoms with van der Waals surface area (Å²) in [5, 5.41) is 11.5. The molecule has 2 N–H and O–H groups in total. The van der Waals surface area contributed by atoms with E-state index >= 15 is 0 Å². The number of phenols is 1. The third kappa shape index (κ3) is 4.02. The van der Waals surface area contributed by atoms with Crippen molar-refractivity contribution in [2.75, 3.05) is 18.7 Å². The van der Waals surface area contributed by atoms with Gasteiger partial charge < -0.3 is 14.6 Å². The van der Waals surface area contributed by atoms with Crippen LogP contribution in [-0.4, -0.2) is 36.6 Å². The van der Waals surface area contributed by atoms with Gasteiger partial charge in [-0.05, 0) is 43.3 Å². The summed E-state index contributed by atoms with van der Waals surface area (Å²) in [7, 11) is 1.36. The quantitative estimate of drug-likeness (QED) is 0.441. The molecule has 0 aromatic heterocycles. The number of rotatable bonds is 5. The Morgan fingerprint density at radius 1 is 1.24 bits per heavy atom. The van der Waals surface area contributed by atoms with Crippen molar-refractivity contribution in [3.8, 4) is 11.5 Å². The average Bonchev–Trinajstić information content (AvgIpc) is 2.99. The number of ether oxygens (including phenoxy) is 2. The van der Waals surface area contributed by atoms with Crippen LogP contribution in [0.4, 0.5) is 5.69 Å². The molecule has 0 saturated carbocycles. The van der Waals surface area contributed by atoms with E-state index in [4.69, 9.17) is 21.1 Å². The second-order valence-corrected chi connectivity index (χ2v) is 6.39. The number of aromatic hydroxyl groups is 1. The Bertz CT molecular complexity index is 1020. The van der Waals surface area contributed by atoms with Crippen LogP contribution >= 0.6 is 11.6 Å². The first-order valence-electron chi connectivity index (χ1n) is 8.56. The van der Waals surface area contributed by atoms with Crippen LogP contribution in [0.25, 0.3) is 6.08 Å². The molecular weight excluding hydrogens is 400 g/mol. The highest BCUT2D eigenvalue weighted by Gasteiger charge is 2.34. The van der Waals surface area contributed by atoms with Gasteiger partial charge in [0.25, 0.3) is 11.8 Å². The Hall–Kier alpha value is -3.52. The van der Waals surface area contributed by atoms with Gasteiger partial charge in [0.05, 0.1) is 25.0 Å². The van der Waals surface area contributed by atoms with Gasteiger partial charge in [-0.25, -0.2) is 9.80 Å². The largest absolute Gasteiger partial charge is 0.504 e. The van der Waals surface area contributed by atoms with Crippen LogP contribution in [0.15, 0.2) is 42.0 Å². The normalized spacial score (nSPS) is 14.9. The molecular formula is C20H17ClN2O6. The Kier molecular flexibility index (Phi) is 5.74. The smallest absolute Gasteiger partial charge is 0.338 e. The van der Waals surface area contributed by atoms with Crippen molar-refractivity contribution in [1.29, 1.82) is 0 Å². The van der Waals surface area contributed by atoms with E-state index in [0.717, 1.165) is 5.01 Å². The SMILES string of the molecule is CCOC(=O)c1ccc(N2NC(=O)C(=Cc3cc(Cl)cc(OC)c3O)C2=O)cc1. The number of phenolic OH excluding ortho intramolecular Hbond substituents is 1. The van der Waals surface area contributed by atoms with Gasteiger partial charge in [0.2, 0.25) is 0 Å². The molecule has 0 atom stereocenters. The molecule has 0 aliphatic carbocycles. The molecule has 3 rings (SSSR count). The summed E-state index contributed by atoms with van der Waals surface area (Å²) in [5.74, 6) is -1.90. The number of hydrazine groups is 1. The summed E-state index contributed by atoms with van der Waals surface area (Å²) in [6.45, 7) is 1.95. The standard InChI is InChI=1S/C20H17ClN2O6/c1-3-29-20(27)11-4-6-14(7-5-11)23-19(26)15(18(25)22-23)9-12-8-13(21)10-16(28-2)17(12)24/h4-10,24H,3H2,1-2H3,(H,22,25). The van der Waals surface area contributed by atoms with Crippen LogP contribution in [-0.2, 0) is 14.3 Å². The number of nitrogens with zero attached hydrogens (tertiary/aromatic N) is 1. The van der Waals surface area contributed by atoms with Crippen LogP contribution in [0.3, 0.4) is 0 Å². The van der Waals surface area contributed by atoms with E-state index in [1.165, 1.54) is 49.6 Å². The molecule has 9 heteroatoms. The van der Waals surface area contributed by atoms with Crippen LogP contribution in [0.5, 0.6) is 11.5 Å². The fourth-order valence-corrected chi connectivity index (χ4v) is 2.93. The molecule has 0 radical (unpaired) electrons. The van der Waals surface area contributed by atoms with E-state index in [1.54, 1.807) is 6.92 Å². The lowest BCUT2D eigenvalue weighted by molar-refractivity contribution is -0.117. The summed E-state index contributed by atoms with van der Waals surface area (Å²) < 4.78 is 9.94. The van der Waals surface area contributed by atoms with E-state index in [9.17, 15) is 19.5 Å². The summed E-state index contributed by atoms with van der Waals surface area (Å²) in [6.07, 6.45) is 1.23. The molecule has 2 amide bonds. The molecule has 29 heavy (non-hydrogen) atoms. The van der Waals surface area contributed by atoms with Crippen molar-refractivity contribution in [2.45, 2.75) is 6.92 Å². The number of hydrogen-bond acceptors (Lipinski definition) is 6. The Labute approximate surface area is 171 Å². The number of halogens is 1. The highest BCUT2D eigenvalue weighted by molar-refractivity contribution is 6.32. The second-order valence-electron chi connectivity index (χ2n) is 5.95. The van der Waals surface area contributed by atoms with Crippen molar-refractivity contribution < 1.29 is 29.0 Å². The number of hydrogen-bond donors (Lipinski definition) is 2. The number of nitrogens with one attached hydrogen (secondary N) is 1. The first kappa shape index (κ1) is 20.2. The lowest BCUT2D eigenvalue weighted by Crippen LogP contribution is -2.35. The minimum absolute atomic E-state index is 0.113. The fourth-order valence-electron chi connectivity index (χ4n) is 2.72. The second kappa shape index (κ2) is 8.24. The molecule has 0 bridgehead atoms. The fraction of sp³-hybridized carbons (Fsp3) is 0.150. The lowest BCUT2D eigenvalue weighted by atomic mass is 10.1. The summed E-state index contributed by atoms with van der Waals surface area (Å²) in [6, 6.07) is 8.81. The Morgan fingerprint density at radius 2 is 1.93 bits per heavy atom. The molecule has 1 saturated heterocycles. The number of esters is 1. The van der Waals surface area contributed by atoms with E-state index in [1.807, 2.05) is 0 Å². The van der Waals surface area contributed by atoms with Crippen molar-refractivity contribution in [2.24, 2.45) is 0 Å². The highest BCUT2D eigenvalue weighted by Crippen LogP contribution is 2.35. The summed E-state index contributed by atoms with van der Waals surface area (Å²) in [5.41, 5.74) is 3.08. The van der Waals surface area contributed by atoms with Gasteiger partial charge in [0.15, 0.2) is 11.5 Å². The lowest BCUT2D eigenvalue weighted by Gasteiger charge is -2.14. The van der Waals surface area contributed by atoms with Crippen LogP contribution in [0, 0.1) is 0 Å². The topological polar surface area (TPSA) is 105 Å². The maximum Gasteiger partial charge on any atom is 0.338 e. The molecule has 2 aromatic carbocycles. The van der Waals surface area contributed by atoms with Gasteiger partial charge in [-0.1, -0.05) is 11.6 Å². The number of anilines is 1. The van der Waals surface area contributed by atoms with E-state index < -0.39 is 17.8 Å². The van der Waals surface area contributed by atoms with Crippen molar-refractivity contribution in [1.82, 2.24) is 5.43 Å². The number of carbonyl (C=O) groups excluding carboxylic acids is 3. The van der Waals surface area contributed by atoms with Gasteiger partial charge in [0.1, 0.15) is 5.57 Å². The molecule has 150 valence electrons. The number of methoxy groups -OCH3 is 1. The van der Waals surface area contributed by atoms with Gasteiger partial charge >= 0.3 is 5.97 Å². The van der Waals surface area contributed by atoms with Gasteiger partial charge in [-0.2, -0.15) is 0 Å². The van der Waals surface area contributed by atoms with Gasteiger partial charge in [0, 0.05) is 16.7 Å². The van der Waals surface area contributed by atoms with Gasteiger partial charge in [-0.15, -0.1) is 0 Å². The molecule has 1 fully saturated rings. The minimum Gasteiger partial charge on any atom is -0.504 e. The Morgan fingerprint density at radius 3 is 2.55 bits per heavy atom. The van der Waals surface area contributed by atoms with Crippen molar-refractivity contribution in [3.63, 3.8) is 0 Å². The molecule has 0 spiro atoms. The van der Waals surface area contributed by atoms with Crippen molar-refractivity contribution >= 4 is 41.1 Å². The monoisotopic (exact) mass is 416 g/mol. The van der Waals surface area contributed by atoms with Crippen LogP contribution in [0.1, 0.15) is 22.8 Å². The summed E-state index contributed by atoms with van der Waals surface area (Å²) in [4.78, 5) is 36.8. The molecule has 0 unspecified atom stereocenters. The highest BCUT2D eigenvalue weighted by atomic mass is 35.5. The maximum absolute atomic E-state index is 12.7. The molecule has 1 aliphatic rings. The number of carbonyl (C=O) groups is 3. The summed E-state index contributed by atoms with van der Waals surface area (Å²) >= 11 is 5.99. The molecule has 1 aliphatic heterocycles. The Balaban J connectivity index is 1.90. The van der Waals surface area contributed by atoms with Gasteiger partial charge in [-0.3, -0.25) is 15.0 Å². The molecule has 2 aromatic rings. The first-order chi connectivity index (χ1) is 13.8. The first-order valence-corrected chi connectivity index (χ1v) is 8.94. The van der Waals surface area contributed by atoms with E-state index in [0.29, 0.717) is 11.3 Å². The predicted octanol–water partition coefficient (Wildman–Crippen LogP) is 2.69. The third-order valence-electron chi connectivity index (χ3n) is 4.12. The predicted molar refractivity (Wildman–Crippen MR) is 106 cm³/mol. The zero-order valence-electron chi connectivity index (χ0n) is 15.6. The third-order valence-corrected chi connectivity index (χ3v) is 4.34. The average molecular weight is 417 g/mol. The molecule has 8 nitrogen and oxygen atoms in total. The van der Waals surface area contributed by atoms with E-state index in [2.05, 4.69) is 5.43 Å². The minimum atomic E-state index is -0.650. The van der Waals surface area contributed by atoms with Crippen LogP contribution in [0.2, 0.25) is 5.02 Å². The number of amides is 2. The van der Waals surface area contributed by atoms with E-state index in [-0.39, 0.29) is 34.3 Å². The zero-order chi connectivity index (χ0) is 21.1.